The standard InChI is InChI=1S/C14H16FN3O/c1-17(10-14(19)18-6-2-3-7-18)13-5-4-12(15)8-11(13)9-16/h4-5,8H,2-3,6-7,10H2,1H3. The van der Waals surface area contributed by atoms with Crippen LogP contribution in [-0.2, 0) is 4.79 Å². The summed E-state index contributed by atoms with van der Waals surface area (Å²) in [5, 5.41) is 9.00. The first-order valence-corrected chi connectivity index (χ1v) is 6.30. The first-order valence-electron chi connectivity index (χ1n) is 6.30. The van der Waals surface area contributed by atoms with Crippen molar-refractivity contribution >= 4 is 11.6 Å². The molecule has 100 valence electrons. The largest absolute Gasteiger partial charge is 0.364 e. The third-order valence-electron chi connectivity index (χ3n) is 3.32. The summed E-state index contributed by atoms with van der Waals surface area (Å²) in [6.07, 6.45) is 2.10. The Morgan fingerprint density at radius 1 is 1.47 bits per heavy atom. The molecule has 1 aliphatic rings. The van der Waals surface area contributed by atoms with E-state index < -0.39 is 5.82 Å². The highest BCUT2D eigenvalue weighted by molar-refractivity contribution is 5.82. The van der Waals surface area contributed by atoms with Gasteiger partial charge in [0, 0.05) is 20.1 Å². The third-order valence-corrected chi connectivity index (χ3v) is 3.32. The molecule has 1 fully saturated rings. The maximum atomic E-state index is 13.1. The first-order chi connectivity index (χ1) is 9.11. The fraction of sp³-hybridized carbons (Fsp3) is 0.429. The van der Waals surface area contributed by atoms with Crippen LogP contribution in [0.2, 0.25) is 0 Å². The molecule has 1 heterocycles. The van der Waals surface area contributed by atoms with Gasteiger partial charge in [0.2, 0.25) is 5.91 Å². The Morgan fingerprint density at radius 3 is 2.79 bits per heavy atom. The van der Waals surface area contributed by atoms with Crippen LogP contribution >= 0.6 is 0 Å². The molecule has 1 aromatic carbocycles. The number of hydrogen-bond acceptors (Lipinski definition) is 3. The van der Waals surface area contributed by atoms with Gasteiger partial charge in [-0.15, -0.1) is 0 Å². The van der Waals surface area contributed by atoms with Crippen LogP contribution in [-0.4, -0.2) is 37.5 Å². The second kappa shape index (κ2) is 5.70. The highest BCUT2D eigenvalue weighted by atomic mass is 19.1. The smallest absolute Gasteiger partial charge is 0.242 e. The lowest BCUT2D eigenvalue weighted by Gasteiger charge is -2.23. The SMILES string of the molecule is CN(CC(=O)N1CCCC1)c1ccc(F)cc1C#N. The summed E-state index contributed by atoms with van der Waals surface area (Å²) >= 11 is 0. The Labute approximate surface area is 112 Å². The minimum atomic E-state index is -0.445. The van der Waals surface area contributed by atoms with E-state index in [4.69, 9.17) is 5.26 Å². The lowest BCUT2D eigenvalue weighted by molar-refractivity contribution is -0.128. The summed E-state index contributed by atoms with van der Waals surface area (Å²) in [4.78, 5) is 15.5. The van der Waals surface area contributed by atoms with Crippen LogP contribution in [0.1, 0.15) is 18.4 Å². The van der Waals surface area contributed by atoms with Crippen molar-refractivity contribution < 1.29 is 9.18 Å². The van der Waals surface area contributed by atoms with Crippen molar-refractivity contribution in [3.05, 3.63) is 29.6 Å². The fourth-order valence-electron chi connectivity index (χ4n) is 2.29. The van der Waals surface area contributed by atoms with E-state index in [0.29, 0.717) is 5.69 Å². The van der Waals surface area contributed by atoms with Crippen molar-refractivity contribution in [3.8, 4) is 6.07 Å². The van der Waals surface area contributed by atoms with Gasteiger partial charge in [0.1, 0.15) is 11.9 Å². The molecule has 1 aromatic rings. The highest BCUT2D eigenvalue weighted by Crippen LogP contribution is 2.20. The monoisotopic (exact) mass is 261 g/mol. The van der Waals surface area contributed by atoms with E-state index in [1.54, 1.807) is 11.9 Å². The number of amides is 1. The summed E-state index contributed by atoms with van der Waals surface area (Å²) in [5.74, 6) is -0.396. The zero-order valence-corrected chi connectivity index (χ0v) is 10.9. The molecule has 4 nitrogen and oxygen atoms in total. The van der Waals surface area contributed by atoms with Crippen LogP contribution in [0.3, 0.4) is 0 Å². The van der Waals surface area contributed by atoms with Crippen LogP contribution in [0, 0.1) is 17.1 Å². The van der Waals surface area contributed by atoms with E-state index in [1.807, 2.05) is 11.0 Å². The van der Waals surface area contributed by atoms with Gasteiger partial charge in [-0.3, -0.25) is 4.79 Å². The van der Waals surface area contributed by atoms with Gasteiger partial charge in [-0.1, -0.05) is 0 Å². The van der Waals surface area contributed by atoms with Crippen LogP contribution in [0.15, 0.2) is 18.2 Å². The predicted molar refractivity (Wildman–Crippen MR) is 70.2 cm³/mol. The van der Waals surface area contributed by atoms with Crippen molar-refractivity contribution in [3.63, 3.8) is 0 Å². The Kier molecular flexibility index (Phi) is 4.00. The third kappa shape index (κ3) is 3.02. The second-order valence-corrected chi connectivity index (χ2v) is 4.72. The molecule has 1 saturated heterocycles. The van der Waals surface area contributed by atoms with Gasteiger partial charge in [0.25, 0.3) is 0 Å². The maximum Gasteiger partial charge on any atom is 0.242 e. The summed E-state index contributed by atoms with van der Waals surface area (Å²) < 4.78 is 13.1. The van der Waals surface area contributed by atoms with E-state index in [1.165, 1.54) is 18.2 Å². The van der Waals surface area contributed by atoms with E-state index in [-0.39, 0.29) is 18.0 Å². The Bertz CT molecular complexity index is 518. The van der Waals surface area contributed by atoms with Crippen molar-refractivity contribution in [2.75, 3.05) is 31.6 Å². The van der Waals surface area contributed by atoms with Crippen molar-refractivity contribution in [2.45, 2.75) is 12.8 Å². The van der Waals surface area contributed by atoms with Gasteiger partial charge < -0.3 is 9.80 Å². The average molecular weight is 261 g/mol. The number of nitrogens with zero attached hydrogens (tertiary/aromatic N) is 3. The van der Waals surface area contributed by atoms with Gasteiger partial charge in [0.05, 0.1) is 17.8 Å². The van der Waals surface area contributed by atoms with E-state index in [0.717, 1.165) is 25.9 Å². The van der Waals surface area contributed by atoms with E-state index in [2.05, 4.69) is 0 Å². The molecule has 0 N–H and O–H groups in total. The molecule has 0 unspecified atom stereocenters. The van der Waals surface area contributed by atoms with Gasteiger partial charge in [0.15, 0.2) is 0 Å². The molecule has 0 spiro atoms. The number of anilines is 1. The summed E-state index contributed by atoms with van der Waals surface area (Å²) in [6, 6.07) is 5.97. The average Bonchev–Trinajstić information content (AvgIpc) is 2.92. The van der Waals surface area contributed by atoms with Crippen LogP contribution in [0.4, 0.5) is 10.1 Å². The van der Waals surface area contributed by atoms with Gasteiger partial charge in [-0.05, 0) is 31.0 Å². The molecular weight excluding hydrogens is 245 g/mol. The molecule has 0 aromatic heterocycles. The lowest BCUT2D eigenvalue weighted by Crippen LogP contribution is -2.37. The lowest BCUT2D eigenvalue weighted by atomic mass is 10.1. The number of halogens is 1. The molecule has 2 rings (SSSR count). The molecule has 0 atom stereocenters. The number of rotatable bonds is 3. The van der Waals surface area contributed by atoms with Crippen LogP contribution in [0.5, 0.6) is 0 Å². The molecular formula is C14H16FN3O. The summed E-state index contributed by atoms with van der Waals surface area (Å²) in [7, 11) is 1.74. The van der Waals surface area contributed by atoms with Crippen molar-refractivity contribution in [1.29, 1.82) is 5.26 Å². The number of likely N-dealkylation sites (tertiary alicyclic amines) is 1. The quantitative estimate of drug-likeness (QED) is 0.833. The molecule has 0 aliphatic carbocycles. The molecule has 1 aliphatic heterocycles. The first kappa shape index (κ1) is 13.3. The minimum Gasteiger partial charge on any atom is -0.364 e. The Morgan fingerprint density at radius 2 is 2.16 bits per heavy atom. The Hall–Kier alpha value is -2.09. The summed E-state index contributed by atoms with van der Waals surface area (Å²) in [5.41, 5.74) is 0.827. The molecule has 1 amide bonds. The van der Waals surface area contributed by atoms with Crippen LogP contribution < -0.4 is 4.90 Å². The Balaban J connectivity index is 2.09. The minimum absolute atomic E-state index is 0.0493. The van der Waals surface area contributed by atoms with Gasteiger partial charge in [-0.2, -0.15) is 5.26 Å². The predicted octanol–water partition coefficient (Wildman–Crippen LogP) is 1.76. The normalized spacial score (nSPS) is 14.3. The number of hydrogen-bond donors (Lipinski definition) is 0. The maximum absolute atomic E-state index is 13.1. The molecule has 0 radical (unpaired) electrons. The number of likely N-dealkylation sites (N-methyl/N-ethyl adjacent to an activating group) is 1. The molecule has 0 bridgehead atoms. The number of carbonyl (C=O) groups is 1. The zero-order chi connectivity index (χ0) is 13.8. The van der Waals surface area contributed by atoms with E-state index in [9.17, 15) is 9.18 Å². The second-order valence-electron chi connectivity index (χ2n) is 4.72. The van der Waals surface area contributed by atoms with E-state index >= 15 is 0 Å². The summed E-state index contributed by atoms with van der Waals surface area (Å²) in [6.45, 7) is 1.82. The highest BCUT2D eigenvalue weighted by Gasteiger charge is 2.20. The molecule has 0 saturated carbocycles. The topological polar surface area (TPSA) is 47.3 Å². The van der Waals surface area contributed by atoms with Gasteiger partial charge >= 0.3 is 0 Å². The molecule has 19 heavy (non-hydrogen) atoms. The zero-order valence-electron chi connectivity index (χ0n) is 10.9. The number of carbonyl (C=O) groups excluding carboxylic acids is 1. The molecule has 5 heteroatoms. The van der Waals surface area contributed by atoms with Gasteiger partial charge in [-0.25, -0.2) is 4.39 Å². The van der Waals surface area contributed by atoms with Crippen molar-refractivity contribution in [1.82, 2.24) is 4.90 Å². The fourth-order valence-corrected chi connectivity index (χ4v) is 2.29. The van der Waals surface area contributed by atoms with Crippen LogP contribution in [0.25, 0.3) is 0 Å². The van der Waals surface area contributed by atoms with Crippen molar-refractivity contribution in [2.24, 2.45) is 0 Å². The number of benzene rings is 1. The number of nitriles is 1.